The highest BCUT2D eigenvalue weighted by atomic mass is 15.2. The summed E-state index contributed by atoms with van der Waals surface area (Å²) in [6.07, 6.45) is 6.54. The molecule has 3 rings (SSSR count). The van der Waals surface area contributed by atoms with Gasteiger partial charge in [-0.15, -0.1) is 0 Å². The zero-order valence-electron chi connectivity index (χ0n) is 13.4. The molecule has 0 unspecified atom stereocenters. The standard InChI is InChI=1S/C18H26N4/c1-2-19-14-16-8-11-21(12-9-16)15-18-20-10-13-22(18)17-6-4-3-5-7-17/h3-7,10,13,16,19H,2,8-9,11-12,14-15H2,1H3. The average molecular weight is 298 g/mol. The number of piperidine rings is 1. The molecule has 4 nitrogen and oxygen atoms in total. The third-order valence-corrected chi connectivity index (χ3v) is 4.51. The zero-order valence-corrected chi connectivity index (χ0v) is 13.4. The summed E-state index contributed by atoms with van der Waals surface area (Å²) in [4.78, 5) is 7.10. The number of para-hydroxylation sites is 1. The third-order valence-electron chi connectivity index (χ3n) is 4.51. The van der Waals surface area contributed by atoms with Gasteiger partial charge in [-0.1, -0.05) is 25.1 Å². The molecule has 1 aromatic carbocycles. The molecule has 1 aromatic heterocycles. The lowest BCUT2D eigenvalue weighted by molar-refractivity contribution is 0.172. The van der Waals surface area contributed by atoms with Crippen LogP contribution >= 0.6 is 0 Å². The summed E-state index contributed by atoms with van der Waals surface area (Å²) in [5.41, 5.74) is 1.19. The summed E-state index contributed by atoms with van der Waals surface area (Å²) in [5.74, 6) is 1.97. The lowest BCUT2D eigenvalue weighted by Gasteiger charge is -2.31. The van der Waals surface area contributed by atoms with Gasteiger partial charge in [0.2, 0.25) is 0 Å². The van der Waals surface area contributed by atoms with Crippen molar-refractivity contribution in [2.45, 2.75) is 26.3 Å². The van der Waals surface area contributed by atoms with Crippen LogP contribution in [0.3, 0.4) is 0 Å². The molecule has 22 heavy (non-hydrogen) atoms. The molecule has 2 aromatic rings. The van der Waals surface area contributed by atoms with Crippen molar-refractivity contribution in [1.29, 1.82) is 0 Å². The van der Waals surface area contributed by atoms with E-state index in [1.54, 1.807) is 0 Å². The Labute approximate surface area is 133 Å². The van der Waals surface area contributed by atoms with Crippen molar-refractivity contribution in [3.63, 3.8) is 0 Å². The van der Waals surface area contributed by atoms with E-state index in [0.717, 1.165) is 24.8 Å². The topological polar surface area (TPSA) is 33.1 Å². The Morgan fingerprint density at radius 3 is 2.68 bits per heavy atom. The van der Waals surface area contributed by atoms with Crippen LogP contribution in [0, 0.1) is 5.92 Å². The van der Waals surface area contributed by atoms with Gasteiger partial charge < -0.3 is 9.88 Å². The van der Waals surface area contributed by atoms with Crippen LogP contribution in [0.5, 0.6) is 0 Å². The van der Waals surface area contributed by atoms with Gasteiger partial charge in [0.1, 0.15) is 5.82 Å². The molecule has 1 fully saturated rings. The summed E-state index contributed by atoms with van der Waals surface area (Å²) in [6.45, 7) is 7.72. The molecule has 0 atom stereocenters. The predicted octanol–water partition coefficient (Wildman–Crippen LogP) is 2.69. The predicted molar refractivity (Wildman–Crippen MR) is 90.1 cm³/mol. The van der Waals surface area contributed by atoms with Crippen molar-refractivity contribution in [1.82, 2.24) is 19.8 Å². The van der Waals surface area contributed by atoms with Crippen molar-refractivity contribution in [3.8, 4) is 5.69 Å². The summed E-state index contributed by atoms with van der Waals surface area (Å²) < 4.78 is 2.20. The van der Waals surface area contributed by atoms with Crippen LogP contribution in [0.15, 0.2) is 42.7 Å². The number of imidazole rings is 1. The highest BCUT2D eigenvalue weighted by Crippen LogP contribution is 2.19. The van der Waals surface area contributed by atoms with E-state index in [4.69, 9.17) is 0 Å². The van der Waals surface area contributed by atoms with Gasteiger partial charge in [0.25, 0.3) is 0 Å². The second-order valence-electron chi connectivity index (χ2n) is 6.08. The smallest absolute Gasteiger partial charge is 0.127 e. The van der Waals surface area contributed by atoms with E-state index in [9.17, 15) is 0 Å². The summed E-state index contributed by atoms with van der Waals surface area (Å²) in [6, 6.07) is 10.5. The van der Waals surface area contributed by atoms with E-state index in [0.29, 0.717) is 0 Å². The normalized spacial score (nSPS) is 17.0. The van der Waals surface area contributed by atoms with Crippen LogP contribution in [0.4, 0.5) is 0 Å². The van der Waals surface area contributed by atoms with E-state index in [1.807, 2.05) is 6.20 Å². The van der Waals surface area contributed by atoms with Crippen molar-refractivity contribution in [3.05, 3.63) is 48.5 Å². The van der Waals surface area contributed by atoms with E-state index in [-0.39, 0.29) is 0 Å². The maximum Gasteiger partial charge on any atom is 0.127 e. The second-order valence-corrected chi connectivity index (χ2v) is 6.08. The molecule has 2 heterocycles. The fourth-order valence-corrected chi connectivity index (χ4v) is 3.17. The summed E-state index contributed by atoms with van der Waals surface area (Å²) >= 11 is 0. The molecule has 0 aliphatic carbocycles. The van der Waals surface area contributed by atoms with E-state index >= 15 is 0 Å². The molecule has 0 spiro atoms. The average Bonchev–Trinajstić information content (AvgIpc) is 3.03. The van der Waals surface area contributed by atoms with Crippen LogP contribution < -0.4 is 5.32 Å². The Balaban J connectivity index is 1.58. The lowest BCUT2D eigenvalue weighted by Crippen LogP contribution is -2.37. The minimum Gasteiger partial charge on any atom is -0.317 e. The van der Waals surface area contributed by atoms with Gasteiger partial charge in [-0.2, -0.15) is 0 Å². The minimum absolute atomic E-state index is 0.838. The van der Waals surface area contributed by atoms with Crippen LogP contribution in [0.1, 0.15) is 25.6 Å². The SMILES string of the molecule is CCNCC1CCN(Cc2nccn2-c2ccccc2)CC1. The van der Waals surface area contributed by atoms with Crippen LogP contribution in [-0.4, -0.2) is 40.6 Å². The lowest BCUT2D eigenvalue weighted by atomic mass is 9.97. The number of benzene rings is 1. The first-order chi connectivity index (χ1) is 10.9. The molecule has 1 N–H and O–H groups in total. The largest absolute Gasteiger partial charge is 0.317 e. The second kappa shape index (κ2) is 7.56. The Kier molecular flexibility index (Phi) is 5.24. The maximum absolute atomic E-state index is 4.56. The molecule has 118 valence electrons. The van der Waals surface area contributed by atoms with Crippen molar-refractivity contribution < 1.29 is 0 Å². The highest BCUT2D eigenvalue weighted by molar-refractivity contribution is 5.32. The fraction of sp³-hybridized carbons (Fsp3) is 0.500. The van der Waals surface area contributed by atoms with Crippen molar-refractivity contribution in [2.75, 3.05) is 26.2 Å². The Morgan fingerprint density at radius 1 is 1.18 bits per heavy atom. The monoisotopic (exact) mass is 298 g/mol. The quantitative estimate of drug-likeness (QED) is 0.890. The first-order valence-corrected chi connectivity index (χ1v) is 8.37. The van der Waals surface area contributed by atoms with Crippen molar-refractivity contribution >= 4 is 0 Å². The van der Waals surface area contributed by atoms with Crippen LogP contribution in [0.2, 0.25) is 0 Å². The van der Waals surface area contributed by atoms with Gasteiger partial charge in [-0.25, -0.2) is 4.98 Å². The van der Waals surface area contributed by atoms with E-state index in [2.05, 4.69) is 63.2 Å². The molecule has 1 aliphatic heterocycles. The minimum atomic E-state index is 0.838. The van der Waals surface area contributed by atoms with Gasteiger partial charge in [-0.05, 0) is 57.1 Å². The van der Waals surface area contributed by atoms with Crippen LogP contribution in [0.25, 0.3) is 5.69 Å². The Bertz CT molecular complexity index is 555. The number of hydrogen-bond acceptors (Lipinski definition) is 3. The molecule has 4 heteroatoms. The van der Waals surface area contributed by atoms with E-state index in [1.165, 1.54) is 38.2 Å². The number of rotatable bonds is 6. The molecule has 0 bridgehead atoms. The van der Waals surface area contributed by atoms with Crippen LogP contribution in [-0.2, 0) is 6.54 Å². The highest BCUT2D eigenvalue weighted by Gasteiger charge is 2.20. The number of aromatic nitrogens is 2. The van der Waals surface area contributed by atoms with Gasteiger partial charge in [0.05, 0.1) is 6.54 Å². The van der Waals surface area contributed by atoms with Crippen molar-refractivity contribution in [2.24, 2.45) is 5.92 Å². The molecular formula is C18H26N4. The fourth-order valence-electron chi connectivity index (χ4n) is 3.17. The molecule has 1 aliphatic rings. The molecule has 0 amide bonds. The Hall–Kier alpha value is -1.65. The number of likely N-dealkylation sites (tertiary alicyclic amines) is 1. The first kappa shape index (κ1) is 15.3. The summed E-state index contributed by atoms with van der Waals surface area (Å²) in [7, 11) is 0. The number of hydrogen-bond donors (Lipinski definition) is 1. The first-order valence-electron chi connectivity index (χ1n) is 8.37. The van der Waals surface area contributed by atoms with Gasteiger partial charge in [0.15, 0.2) is 0 Å². The molecule has 1 saturated heterocycles. The van der Waals surface area contributed by atoms with Gasteiger partial charge >= 0.3 is 0 Å². The third kappa shape index (κ3) is 3.76. The van der Waals surface area contributed by atoms with E-state index < -0.39 is 0 Å². The summed E-state index contributed by atoms with van der Waals surface area (Å²) in [5, 5.41) is 3.47. The molecular weight excluding hydrogens is 272 g/mol. The maximum atomic E-state index is 4.56. The molecule has 0 saturated carbocycles. The zero-order chi connectivity index (χ0) is 15.2. The number of nitrogens with zero attached hydrogens (tertiary/aromatic N) is 3. The number of nitrogens with one attached hydrogen (secondary N) is 1. The Morgan fingerprint density at radius 2 is 1.95 bits per heavy atom. The van der Waals surface area contributed by atoms with Gasteiger partial charge in [0, 0.05) is 18.1 Å². The molecule has 0 radical (unpaired) electrons. The van der Waals surface area contributed by atoms with Gasteiger partial charge in [-0.3, -0.25) is 4.90 Å².